The molecule has 3 aromatic rings. The molecule has 5 nitrogen and oxygen atoms in total. The van der Waals surface area contributed by atoms with Gasteiger partial charge in [0.2, 0.25) is 0 Å². The Morgan fingerprint density at radius 3 is 2.60 bits per heavy atom. The van der Waals surface area contributed by atoms with Crippen LogP contribution in [0.25, 0.3) is 17.3 Å². The van der Waals surface area contributed by atoms with E-state index in [9.17, 15) is 19.8 Å². The molecule has 25 heavy (non-hydrogen) atoms. The van der Waals surface area contributed by atoms with E-state index in [0.29, 0.717) is 16.8 Å². The first kappa shape index (κ1) is 16.1. The molecule has 1 aromatic heterocycles. The minimum Gasteiger partial charge on any atom is -0.317 e. The molecule has 0 aliphatic carbocycles. The summed E-state index contributed by atoms with van der Waals surface area (Å²) in [4.78, 5) is 10.4. The van der Waals surface area contributed by atoms with Crippen molar-refractivity contribution in [2.24, 2.45) is 0 Å². The van der Waals surface area contributed by atoms with Crippen molar-refractivity contribution in [3.05, 3.63) is 94.0 Å². The van der Waals surface area contributed by atoms with Crippen LogP contribution in [-0.4, -0.2) is 9.49 Å². The monoisotopic (exact) mass is 333 g/mol. The lowest BCUT2D eigenvalue weighted by molar-refractivity contribution is -0.384. The molecule has 3 rings (SSSR count). The first-order valence-corrected chi connectivity index (χ1v) is 7.38. The molecule has 0 atom stereocenters. The zero-order valence-electron chi connectivity index (χ0n) is 13.0. The molecule has 0 saturated carbocycles. The van der Waals surface area contributed by atoms with Crippen LogP contribution in [0.2, 0.25) is 0 Å². The average molecular weight is 333 g/mol. The highest BCUT2D eigenvalue weighted by molar-refractivity contribution is 5.89. The van der Waals surface area contributed by atoms with Crippen LogP contribution in [0.4, 0.5) is 10.1 Å². The lowest BCUT2D eigenvalue weighted by atomic mass is 10.1. The molecule has 0 spiro atoms. The van der Waals surface area contributed by atoms with Gasteiger partial charge in [-0.15, -0.1) is 0 Å². The van der Waals surface area contributed by atoms with E-state index in [2.05, 4.69) is 6.07 Å². The molecule has 0 unspecified atom stereocenters. The lowest BCUT2D eigenvalue weighted by Gasteiger charge is -2.07. The number of benzene rings is 2. The SMILES string of the molecule is N#CC(=Cc1cccn1-c1ccc(F)cc1)c1cccc([N+](=O)[O-])c1. The van der Waals surface area contributed by atoms with Gasteiger partial charge in [0.25, 0.3) is 5.69 Å². The second kappa shape index (κ2) is 6.81. The standard InChI is InChI=1S/C19H12FN3O2/c20-16-6-8-17(9-7-16)22-10-2-5-18(22)12-15(13-21)14-3-1-4-19(11-14)23(24)25/h1-12H. The van der Waals surface area contributed by atoms with Gasteiger partial charge in [-0.25, -0.2) is 4.39 Å². The maximum Gasteiger partial charge on any atom is 0.270 e. The van der Waals surface area contributed by atoms with Crippen LogP contribution >= 0.6 is 0 Å². The number of nitro benzene ring substituents is 1. The van der Waals surface area contributed by atoms with E-state index in [1.165, 1.54) is 30.3 Å². The molecule has 0 N–H and O–H groups in total. The Morgan fingerprint density at radius 1 is 1.16 bits per heavy atom. The number of nitriles is 1. The summed E-state index contributed by atoms with van der Waals surface area (Å²) in [5.41, 5.74) is 2.13. The molecule has 0 bridgehead atoms. The third kappa shape index (κ3) is 3.46. The summed E-state index contributed by atoms with van der Waals surface area (Å²) in [5, 5.41) is 20.4. The summed E-state index contributed by atoms with van der Waals surface area (Å²) < 4.78 is 14.9. The average Bonchev–Trinajstić information content (AvgIpc) is 3.08. The maximum atomic E-state index is 13.1. The van der Waals surface area contributed by atoms with Crippen LogP contribution in [0.3, 0.4) is 0 Å². The molecular weight excluding hydrogens is 321 g/mol. The van der Waals surface area contributed by atoms with Crippen molar-refractivity contribution in [2.45, 2.75) is 0 Å². The molecule has 122 valence electrons. The van der Waals surface area contributed by atoms with Crippen LogP contribution in [0.5, 0.6) is 0 Å². The number of nitrogens with zero attached hydrogens (tertiary/aromatic N) is 3. The number of rotatable bonds is 4. The van der Waals surface area contributed by atoms with Crippen LogP contribution in [-0.2, 0) is 0 Å². The van der Waals surface area contributed by atoms with Gasteiger partial charge >= 0.3 is 0 Å². The van der Waals surface area contributed by atoms with E-state index in [-0.39, 0.29) is 11.5 Å². The number of non-ortho nitro benzene ring substituents is 1. The quantitative estimate of drug-likeness (QED) is 0.398. The third-order valence-corrected chi connectivity index (χ3v) is 3.67. The third-order valence-electron chi connectivity index (χ3n) is 3.67. The van der Waals surface area contributed by atoms with Crippen molar-refractivity contribution < 1.29 is 9.31 Å². The fraction of sp³-hybridized carbons (Fsp3) is 0. The minimum absolute atomic E-state index is 0.0763. The van der Waals surface area contributed by atoms with Gasteiger partial charge in [0.1, 0.15) is 5.82 Å². The summed E-state index contributed by atoms with van der Waals surface area (Å²) >= 11 is 0. The molecule has 6 heteroatoms. The topological polar surface area (TPSA) is 71.9 Å². The van der Waals surface area contributed by atoms with Crippen LogP contribution in [0.15, 0.2) is 66.9 Å². The van der Waals surface area contributed by atoms with Crippen molar-refractivity contribution in [3.63, 3.8) is 0 Å². The number of hydrogen-bond acceptors (Lipinski definition) is 3. The van der Waals surface area contributed by atoms with Crippen LogP contribution in [0.1, 0.15) is 11.3 Å². The smallest absolute Gasteiger partial charge is 0.270 e. The van der Waals surface area contributed by atoms with Gasteiger partial charge in [-0.2, -0.15) is 5.26 Å². The van der Waals surface area contributed by atoms with Crippen LogP contribution < -0.4 is 0 Å². The summed E-state index contributed by atoms with van der Waals surface area (Å²) in [6.07, 6.45) is 3.43. The normalized spacial score (nSPS) is 11.1. The summed E-state index contributed by atoms with van der Waals surface area (Å²) in [6, 6.07) is 17.6. The van der Waals surface area contributed by atoms with E-state index in [1.54, 1.807) is 47.2 Å². The summed E-state index contributed by atoms with van der Waals surface area (Å²) in [7, 11) is 0. The number of halogens is 1. The number of allylic oxidation sites excluding steroid dienone is 1. The van der Waals surface area contributed by atoms with Crippen molar-refractivity contribution in [3.8, 4) is 11.8 Å². The van der Waals surface area contributed by atoms with Crippen molar-refractivity contribution in [2.75, 3.05) is 0 Å². The van der Waals surface area contributed by atoms with E-state index in [4.69, 9.17) is 0 Å². The van der Waals surface area contributed by atoms with E-state index >= 15 is 0 Å². The molecular formula is C19H12FN3O2. The predicted octanol–water partition coefficient (Wildman–Crippen LogP) is 4.59. The second-order valence-electron chi connectivity index (χ2n) is 5.26. The van der Waals surface area contributed by atoms with E-state index in [0.717, 1.165) is 5.69 Å². The molecule has 0 amide bonds. The van der Waals surface area contributed by atoms with Crippen molar-refractivity contribution in [1.29, 1.82) is 5.26 Å². The van der Waals surface area contributed by atoms with E-state index in [1.807, 2.05) is 0 Å². The molecule has 0 aliphatic rings. The van der Waals surface area contributed by atoms with Gasteiger partial charge < -0.3 is 4.57 Å². The Balaban J connectivity index is 2.04. The first-order chi connectivity index (χ1) is 12.1. The predicted molar refractivity (Wildman–Crippen MR) is 92.3 cm³/mol. The number of hydrogen-bond donors (Lipinski definition) is 0. The number of aromatic nitrogens is 1. The molecule has 0 aliphatic heterocycles. The minimum atomic E-state index is -0.500. The van der Waals surface area contributed by atoms with Gasteiger partial charge in [0.05, 0.1) is 16.6 Å². The van der Waals surface area contributed by atoms with Crippen LogP contribution in [0, 0.1) is 27.3 Å². The molecule has 0 saturated heterocycles. The van der Waals surface area contributed by atoms with Gasteiger partial charge in [0, 0.05) is 29.7 Å². The molecule has 2 aromatic carbocycles. The Hall–Kier alpha value is -3.72. The lowest BCUT2D eigenvalue weighted by Crippen LogP contribution is -1.95. The molecule has 1 heterocycles. The largest absolute Gasteiger partial charge is 0.317 e. The summed E-state index contributed by atoms with van der Waals surface area (Å²) in [5.74, 6) is -0.331. The van der Waals surface area contributed by atoms with Crippen molar-refractivity contribution in [1.82, 2.24) is 4.57 Å². The summed E-state index contributed by atoms with van der Waals surface area (Å²) in [6.45, 7) is 0. The highest BCUT2D eigenvalue weighted by atomic mass is 19.1. The zero-order chi connectivity index (χ0) is 17.8. The Labute approximate surface area is 143 Å². The Bertz CT molecular complexity index is 998. The molecule has 0 radical (unpaired) electrons. The van der Waals surface area contributed by atoms with Gasteiger partial charge in [-0.1, -0.05) is 12.1 Å². The molecule has 0 fully saturated rings. The van der Waals surface area contributed by atoms with Gasteiger partial charge in [-0.3, -0.25) is 10.1 Å². The van der Waals surface area contributed by atoms with Gasteiger partial charge in [-0.05, 0) is 48.0 Å². The second-order valence-corrected chi connectivity index (χ2v) is 5.26. The fourth-order valence-electron chi connectivity index (χ4n) is 2.46. The van der Waals surface area contributed by atoms with Crippen molar-refractivity contribution >= 4 is 17.3 Å². The maximum absolute atomic E-state index is 13.1. The zero-order valence-corrected chi connectivity index (χ0v) is 13.0. The highest BCUT2D eigenvalue weighted by Gasteiger charge is 2.10. The Kier molecular flexibility index (Phi) is 4.40. The Morgan fingerprint density at radius 2 is 1.92 bits per heavy atom. The van der Waals surface area contributed by atoms with E-state index < -0.39 is 4.92 Å². The highest BCUT2D eigenvalue weighted by Crippen LogP contribution is 2.23. The number of nitro groups is 1. The first-order valence-electron chi connectivity index (χ1n) is 7.38. The van der Waals surface area contributed by atoms with Gasteiger partial charge in [0.15, 0.2) is 0 Å². The fourth-order valence-corrected chi connectivity index (χ4v) is 2.46.